The topological polar surface area (TPSA) is 48.4 Å². The second-order valence-corrected chi connectivity index (χ2v) is 4.85. The Balaban J connectivity index is 2.01. The summed E-state index contributed by atoms with van der Waals surface area (Å²) in [4.78, 5) is 6.80. The van der Waals surface area contributed by atoms with Gasteiger partial charge >= 0.3 is 0 Å². The lowest BCUT2D eigenvalue weighted by Gasteiger charge is -2.33. The summed E-state index contributed by atoms with van der Waals surface area (Å²) in [6, 6.07) is 7.76. The van der Waals surface area contributed by atoms with Crippen molar-refractivity contribution in [2.75, 3.05) is 26.7 Å². The molecule has 1 fully saturated rings. The number of hydrogen-bond donors (Lipinski definition) is 2. The molecule has 0 bridgehead atoms. The molecule has 4 heteroatoms. The van der Waals surface area contributed by atoms with E-state index in [1.807, 2.05) is 12.3 Å². The zero-order chi connectivity index (χ0) is 12.5. The zero-order valence-electron chi connectivity index (χ0n) is 10.4. The predicted octanol–water partition coefficient (Wildman–Crippen LogP) is 1.52. The SMILES string of the molecule is CN1CCNCC1c1cnc2ccc(O)cc2c1. The second-order valence-electron chi connectivity index (χ2n) is 4.85. The van der Waals surface area contributed by atoms with Gasteiger partial charge in [0.25, 0.3) is 0 Å². The number of nitrogens with one attached hydrogen (secondary N) is 1. The van der Waals surface area contributed by atoms with Crippen molar-refractivity contribution in [3.05, 3.63) is 36.0 Å². The first-order valence-corrected chi connectivity index (χ1v) is 6.24. The minimum atomic E-state index is 0.288. The van der Waals surface area contributed by atoms with Crippen LogP contribution in [0.25, 0.3) is 10.9 Å². The first-order valence-electron chi connectivity index (χ1n) is 6.24. The van der Waals surface area contributed by atoms with Gasteiger partial charge in [0.1, 0.15) is 5.75 Å². The van der Waals surface area contributed by atoms with Crippen molar-refractivity contribution in [3.63, 3.8) is 0 Å². The quantitative estimate of drug-likeness (QED) is 0.797. The number of phenolic OH excluding ortho intramolecular Hbond substituents is 1. The number of nitrogens with zero attached hydrogens (tertiary/aromatic N) is 2. The van der Waals surface area contributed by atoms with E-state index in [1.54, 1.807) is 12.1 Å². The van der Waals surface area contributed by atoms with Gasteiger partial charge < -0.3 is 10.4 Å². The van der Waals surface area contributed by atoms with E-state index < -0.39 is 0 Å². The van der Waals surface area contributed by atoms with Crippen LogP contribution in [0.15, 0.2) is 30.5 Å². The molecule has 4 nitrogen and oxygen atoms in total. The smallest absolute Gasteiger partial charge is 0.116 e. The molecule has 0 spiro atoms. The largest absolute Gasteiger partial charge is 0.508 e. The Bertz CT molecular complexity index is 570. The van der Waals surface area contributed by atoms with E-state index in [9.17, 15) is 5.11 Å². The minimum absolute atomic E-state index is 0.288. The molecule has 2 aromatic rings. The maximum Gasteiger partial charge on any atom is 0.116 e. The highest BCUT2D eigenvalue weighted by molar-refractivity contribution is 5.80. The minimum Gasteiger partial charge on any atom is -0.508 e. The van der Waals surface area contributed by atoms with Crippen molar-refractivity contribution in [2.45, 2.75) is 6.04 Å². The van der Waals surface area contributed by atoms with E-state index >= 15 is 0 Å². The van der Waals surface area contributed by atoms with Crippen LogP contribution in [-0.2, 0) is 0 Å². The van der Waals surface area contributed by atoms with E-state index in [2.05, 4.69) is 28.3 Å². The Morgan fingerprint density at radius 2 is 2.28 bits per heavy atom. The third kappa shape index (κ3) is 2.05. The molecule has 1 aromatic heterocycles. The number of benzene rings is 1. The van der Waals surface area contributed by atoms with E-state index in [0.717, 1.165) is 30.5 Å². The molecule has 0 saturated carbocycles. The van der Waals surface area contributed by atoms with Gasteiger partial charge in [0.15, 0.2) is 0 Å². The molecule has 1 aliphatic heterocycles. The van der Waals surface area contributed by atoms with Crippen LogP contribution in [0.1, 0.15) is 11.6 Å². The van der Waals surface area contributed by atoms with Gasteiger partial charge in [-0.1, -0.05) is 0 Å². The van der Waals surface area contributed by atoms with Gasteiger partial charge in [-0.2, -0.15) is 0 Å². The first-order chi connectivity index (χ1) is 8.74. The highest BCUT2D eigenvalue weighted by Crippen LogP contribution is 2.25. The average molecular weight is 243 g/mol. The Hall–Kier alpha value is -1.65. The molecular formula is C14H17N3O. The number of fused-ring (bicyclic) bond motifs is 1. The van der Waals surface area contributed by atoms with Crippen LogP contribution in [0.2, 0.25) is 0 Å². The summed E-state index contributed by atoms with van der Waals surface area (Å²) in [5.74, 6) is 0.288. The normalized spacial score (nSPS) is 21.3. The third-order valence-corrected chi connectivity index (χ3v) is 3.58. The number of likely N-dealkylation sites (N-methyl/N-ethyl adjacent to an activating group) is 1. The van der Waals surface area contributed by atoms with Gasteiger partial charge in [0.2, 0.25) is 0 Å². The zero-order valence-corrected chi connectivity index (χ0v) is 10.4. The molecule has 0 aliphatic carbocycles. The number of aromatic nitrogens is 1. The van der Waals surface area contributed by atoms with Crippen LogP contribution in [0, 0.1) is 0 Å². The fraction of sp³-hybridized carbons (Fsp3) is 0.357. The van der Waals surface area contributed by atoms with Crippen LogP contribution in [0.5, 0.6) is 5.75 Å². The van der Waals surface area contributed by atoms with E-state index in [4.69, 9.17) is 0 Å². The number of rotatable bonds is 1. The summed E-state index contributed by atoms with van der Waals surface area (Å²) in [5, 5.41) is 13.9. The lowest BCUT2D eigenvalue weighted by atomic mass is 10.0. The third-order valence-electron chi connectivity index (χ3n) is 3.58. The Labute approximate surface area is 106 Å². The molecule has 2 heterocycles. The molecular weight excluding hydrogens is 226 g/mol. The average Bonchev–Trinajstić information content (AvgIpc) is 2.38. The standard InChI is InChI=1S/C14H17N3O/c1-17-5-4-15-9-14(17)11-6-10-7-12(18)2-3-13(10)16-8-11/h2-3,6-8,14-15,18H,4-5,9H2,1H3. The van der Waals surface area contributed by atoms with E-state index in [0.29, 0.717) is 6.04 Å². The van der Waals surface area contributed by atoms with Crippen molar-refractivity contribution in [3.8, 4) is 5.75 Å². The number of hydrogen-bond acceptors (Lipinski definition) is 4. The summed E-state index contributed by atoms with van der Waals surface area (Å²) in [5.41, 5.74) is 2.12. The van der Waals surface area contributed by atoms with E-state index in [-0.39, 0.29) is 5.75 Å². The van der Waals surface area contributed by atoms with Crippen molar-refractivity contribution in [2.24, 2.45) is 0 Å². The lowest BCUT2D eigenvalue weighted by Crippen LogP contribution is -2.43. The summed E-state index contributed by atoms with van der Waals surface area (Å²) < 4.78 is 0. The highest BCUT2D eigenvalue weighted by atomic mass is 16.3. The summed E-state index contributed by atoms with van der Waals surface area (Å²) >= 11 is 0. The Morgan fingerprint density at radius 1 is 1.39 bits per heavy atom. The fourth-order valence-corrected chi connectivity index (χ4v) is 2.50. The Morgan fingerprint density at radius 3 is 3.11 bits per heavy atom. The van der Waals surface area contributed by atoms with Gasteiger partial charge in [-0.3, -0.25) is 9.88 Å². The van der Waals surface area contributed by atoms with Crippen LogP contribution in [-0.4, -0.2) is 41.7 Å². The Kier molecular flexibility index (Phi) is 2.89. The fourth-order valence-electron chi connectivity index (χ4n) is 2.50. The number of aromatic hydroxyl groups is 1. The molecule has 1 aliphatic rings. The molecule has 94 valence electrons. The van der Waals surface area contributed by atoms with Crippen molar-refractivity contribution in [1.29, 1.82) is 0 Å². The summed E-state index contributed by atoms with van der Waals surface area (Å²) in [6.07, 6.45) is 1.94. The van der Waals surface area contributed by atoms with Gasteiger partial charge in [0.05, 0.1) is 5.52 Å². The number of pyridine rings is 1. The van der Waals surface area contributed by atoms with E-state index in [1.165, 1.54) is 5.56 Å². The summed E-state index contributed by atoms with van der Waals surface area (Å²) in [7, 11) is 2.14. The number of phenols is 1. The van der Waals surface area contributed by atoms with Crippen molar-refractivity contribution >= 4 is 10.9 Å². The van der Waals surface area contributed by atoms with Crippen molar-refractivity contribution < 1.29 is 5.11 Å². The second kappa shape index (κ2) is 4.55. The molecule has 0 amide bonds. The maximum absolute atomic E-state index is 9.53. The highest BCUT2D eigenvalue weighted by Gasteiger charge is 2.20. The number of piperazine rings is 1. The molecule has 1 saturated heterocycles. The molecule has 1 atom stereocenters. The molecule has 0 radical (unpaired) electrons. The molecule has 3 rings (SSSR count). The molecule has 1 unspecified atom stereocenters. The van der Waals surface area contributed by atoms with Gasteiger partial charge in [-0.05, 0) is 36.9 Å². The maximum atomic E-state index is 9.53. The van der Waals surface area contributed by atoms with Gasteiger partial charge in [-0.25, -0.2) is 0 Å². The van der Waals surface area contributed by atoms with Crippen LogP contribution >= 0.6 is 0 Å². The molecule has 1 aromatic carbocycles. The van der Waals surface area contributed by atoms with Gasteiger partial charge in [-0.15, -0.1) is 0 Å². The predicted molar refractivity (Wildman–Crippen MR) is 71.6 cm³/mol. The molecule has 2 N–H and O–H groups in total. The lowest BCUT2D eigenvalue weighted by molar-refractivity contribution is 0.202. The van der Waals surface area contributed by atoms with Crippen LogP contribution in [0.4, 0.5) is 0 Å². The molecule has 18 heavy (non-hydrogen) atoms. The monoisotopic (exact) mass is 243 g/mol. The summed E-state index contributed by atoms with van der Waals surface area (Å²) in [6.45, 7) is 3.03. The first kappa shape index (κ1) is 11.4. The van der Waals surface area contributed by atoms with Crippen LogP contribution < -0.4 is 5.32 Å². The van der Waals surface area contributed by atoms with Crippen LogP contribution in [0.3, 0.4) is 0 Å². The van der Waals surface area contributed by atoms with Gasteiger partial charge in [0, 0.05) is 37.3 Å². The van der Waals surface area contributed by atoms with Crippen molar-refractivity contribution in [1.82, 2.24) is 15.2 Å².